The standard InChI is InChI=1S/C45H76O4Si.C40H68O3Si/c1-31(2)39(49-50(9,10)43(4,5)6)22-19-32(3)36-20-21-37-42-38(24-26-45(36,37)8)44(7)25-23-35(48-41-18-14-15-27-46-41)28-34(44)29-40(42)47-30-33-16-12-11-13-17-33;1-27(2)35(43-44(9,10)38(4,5)6)19-16-28(3)32-17-18-33-37-34(21-23-40(32,33)8)39(7)22-20-31(41)24-30(39)25-36(37)42-26-29-14-12-11-13-15-29/h11-13,16-17,31-32,34-42H,14-15,18-30H2,1-10H3;11-15,27-28,30-37,41H,16-26H2,1-10H3/t32-,34?,35-,36+,37?,38?,39?,40-,41?,42?,44-,45+;28-,30?,31-,32+,33?,34?,35?,36-,37?,39-,40+/m00/s1. The van der Waals surface area contributed by atoms with Crippen LogP contribution >= 0.6 is 0 Å². The lowest BCUT2D eigenvalue weighted by Gasteiger charge is -2.63. The molecule has 1 N–H and O–H groups in total. The molecule has 11 unspecified atom stereocenters. The van der Waals surface area contributed by atoms with E-state index in [0.717, 1.165) is 92.8 Å². The number of hydrogen-bond acceptors (Lipinski definition) is 7. The monoisotopic (exact) mass is 1330 g/mol. The van der Waals surface area contributed by atoms with Crippen LogP contribution in [0.1, 0.15) is 270 Å². The molecule has 9 heteroatoms. The van der Waals surface area contributed by atoms with Crippen molar-refractivity contribution in [3.05, 3.63) is 71.8 Å². The van der Waals surface area contributed by atoms with Crippen LogP contribution in [0.15, 0.2) is 60.7 Å². The number of aliphatic hydroxyl groups excluding tert-OH is 1. The van der Waals surface area contributed by atoms with E-state index < -0.39 is 16.6 Å². The molecule has 0 spiro atoms. The van der Waals surface area contributed by atoms with Crippen molar-refractivity contribution in [1.82, 2.24) is 0 Å². The average molecular weight is 1330 g/mol. The maximum atomic E-state index is 10.7. The summed E-state index contributed by atoms with van der Waals surface area (Å²) in [5, 5.41) is 11.2. The lowest BCUT2D eigenvalue weighted by Crippen LogP contribution is -2.59. The van der Waals surface area contributed by atoms with E-state index in [-0.39, 0.29) is 22.5 Å². The van der Waals surface area contributed by atoms with E-state index in [4.69, 9.17) is 27.8 Å². The van der Waals surface area contributed by atoms with Gasteiger partial charge in [-0.25, -0.2) is 0 Å². The Labute approximate surface area is 580 Å². The summed E-state index contributed by atoms with van der Waals surface area (Å²) >= 11 is 0. The fourth-order valence-electron chi connectivity index (χ4n) is 22.8. The van der Waals surface area contributed by atoms with Crippen molar-refractivity contribution in [3.63, 3.8) is 0 Å². The second kappa shape index (κ2) is 30.3. The Balaban J connectivity index is 0.000000207. The van der Waals surface area contributed by atoms with Crippen molar-refractivity contribution in [3.8, 4) is 0 Å². The minimum Gasteiger partial charge on any atom is -0.414 e. The third-order valence-electron chi connectivity index (χ3n) is 30.7. The van der Waals surface area contributed by atoms with Crippen molar-refractivity contribution in [1.29, 1.82) is 0 Å². The van der Waals surface area contributed by atoms with E-state index in [2.05, 4.69) is 198 Å². The maximum absolute atomic E-state index is 10.7. The van der Waals surface area contributed by atoms with E-state index >= 15 is 0 Å². The molecule has 94 heavy (non-hydrogen) atoms. The summed E-state index contributed by atoms with van der Waals surface area (Å²) in [4.78, 5) is 0. The molecule has 2 aromatic carbocycles. The molecule has 8 saturated carbocycles. The Bertz CT molecular complexity index is 2660. The maximum Gasteiger partial charge on any atom is 0.192 e. The largest absolute Gasteiger partial charge is 0.414 e. The van der Waals surface area contributed by atoms with Gasteiger partial charge in [0.15, 0.2) is 22.9 Å². The molecule has 534 valence electrons. The highest BCUT2D eigenvalue weighted by molar-refractivity contribution is 6.74. The molecule has 1 saturated heterocycles. The fourth-order valence-corrected chi connectivity index (χ4v) is 25.8. The van der Waals surface area contributed by atoms with Gasteiger partial charge < -0.3 is 32.9 Å². The Hall–Kier alpha value is -1.41. The predicted octanol–water partition coefficient (Wildman–Crippen LogP) is 22.9. The SMILES string of the molecule is CC(C)C(CC[C@H](C)[C@H]1CCC2C3C(CC[C@@]21C)[C@@]1(C)CC[C@H](O)CC1C[C@@H]3OCc1ccccc1)O[Si](C)(C)C(C)(C)C.CC(C)C(CC[C@H](C)[C@H]1CCC2C3C(CC[C@@]21C)[C@@]1(C)CC[C@H](OC2CCCCO2)CC1C[C@@H]3OCc1ccccc1)O[Si](C)(C)C(C)(C)C. The van der Waals surface area contributed by atoms with Crippen LogP contribution in [0.2, 0.25) is 36.3 Å². The lowest BCUT2D eigenvalue weighted by molar-refractivity contribution is -0.226. The van der Waals surface area contributed by atoms with E-state index in [1.807, 2.05) is 0 Å². The van der Waals surface area contributed by atoms with Crippen LogP contribution in [0, 0.1) is 105 Å². The highest BCUT2D eigenvalue weighted by Crippen LogP contribution is 2.71. The summed E-state index contributed by atoms with van der Waals surface area (Å²) in [6.07, 6.45) is 30.2. The zero-order chi connectivity index (χ0) is 68.0. The fraction of sp³-hybridized carbons (Fsp3) is 0.859. The number of benzene rings is 2. The van der Waals surface area contributed by atoms with Gasteiger partial charge in [0, 0.05) is 18.8 Å². The number of ether oxygens (including phenoxy) is 4. The average Bonchev–Trinajstić information content (AvgIpc) is 1.49. The van der Waals surface area contributed by atoms with E-state index in [9.17, 15) is 5.11 Å². The van der Waals surface area contributed by atoms with Gasteiger partial charge >= 0.3 is 0 Å². The van der Waals surface area contributed by atoms with E-state index in [1.165, 1.54) is 133 Å². The van der Waals surface area contributed by atoms with Gasteiger partial charge in [-0.15, -0.1) is 0 Å². The first-order chi connectivity index (χ1) is 44.2. The first-order valence-electron chi connectivity index (χ1n) is 39.8. The molecule has 11 rings (SSSR count). The highest BCUT2D eigenvalue weighted by atomic mass is 28.4. The van der Waals surface area contributed by atoms with Crippen molar-refractivity contribution in [2.45, 2.75) is 351 Å². The van der Waals surface area contributed by atoms with Crippen LogP contribution < -0.4 is 0 Å². The van der Waals surface area contributed by atoms with Gasteiger partial charge in [0.25, 0.3) is 0 Å². The van der Waals surface area contributed by atoms with E-state index in [1.54, 1.807) is 0 Å². The molecule has 0 bridgehead atoms. The lowest BCUT2D eigenvalue weighted by atomic mass is 9.43. The number of aliphatic hydroxyl groups is 1. The second-order valence-corrected chi connectivity index (χ2v) is 48.3. The molecule has 1 heterocycles. The third kappa shape index (κ3) is 16.1. The molecular weight excluding hydrogens is 1190 g/mol. The van der Waals surface area contributed by atoms with Crippen LogP contribution in [-0.4, -0.2) is 71.3 Å². The first kappa shape index (κ1) is 75.3. The van der Waals surface area contributed by atoms with Crippen LogP contribution in [-0.2, 0) is 41.0 Å². The van der Waals surface area contributed by atoms with Gasteiger partial charge in [0.2, 0.25) is 0 Å². The molecule has 9 aliphatic rings. The zero-order valence-corrected chi connectivity index (χ0v) is 66.2. The third-order valence-corrected chi connectivity index (χ3v) is 39.7. The van der Waals surface area contributed by atoms with E-state index in [0.29, 0.717) is 87.7 Å². The molecule has 23 atom stereocenters. The van der Waals surface area contributed by atoms with Gasteiger partial charge in [-0.3, -0.25) is 0 Å². The van der Waals surface area contributed by atoms with Crippen LogP contribution in [0.5, 0.6) is 0 Å². The molecular formula is C85H144O7Si2. The summed E-state index contributed by atoms with van der Waals surface area (Å²) in [5.74, 6) is 9.75. The van der Waals surface area contributed by atoms with Gasteiger partial charge in [-0.1, -0.05) is 171 Å². The summed E-state index contributed by atoms with van der Waals surface area (Å²) in [6.45, 7) is 51.7. The minimum atomic E-state index is -1.80. The molecule has 0 aromatic heterocycles. The van der Waals surface area contributed by atoms with Gasteiger partial charge in [-0.2, -0.15) is 0 Å². The first-order valence-corrected chi connectivity index (χ1v) is 45.6. The molecule has 8 aliphatic carbocycles. The van der Waals surface area contributed by atoms with Crippen LogP contribution in [0.3, 0.4) is 0 Å². The Kier molecular flexibility index (Phi) is 24.2. The minimum absolute atomic E-state index is 0.0156. The number of hydrogen-bond donors (Lipinski definition) is 1. The molecule has 2 aromatic rings. The summed E-state index contributed by atoms with van der Waals surface area (Å²) in [5.41, 5.74) is 4.16. The van der Waals surface area contributed by atoms with Crippen molar-refractivity contribution >= 4 is 16.6 Å². The van der Waals surface area contributed by atoms with Crippen molar-refractivity contribution in [2.75, 3.05) is 6.61 Å². The van der Waals surface area contributed by atoms with Crippen molar-refractivity contribution < 1.29 is 32.9 Å². The van der Waals surface area contributed by atoms with Gasteiger partial charge in [0.05, 0.1) is 37.6 Å². The second-order valence-electron chi connectivity index (χ2n) is 38.8. The summed E-state index contributed by atoms with van der Waals surface area (Å²) < 4.78 is 41.0. The molecule has 0 amide bonds. The van der Waals surface area contributed by atoms with Crippen molar-refractivity contribution in [2.24, 2.45) is 105 Å². The molecule has 7 nitrogen and oxygen atoms in total. The highest BCUT2D eigenvalue weighted by Gasteiger charge is 2.66. The smallest absolute Gasteiger partial charge is 0.192 e. The number of fused-ring (bicyclic) bond motifs is 10. The Morgan fingerprint density at radius 1 is 0.489 bits per heavy atom. The quantitative estimate of drug-likeness (QED) is 0.0930. The van der Waals surface area contributed by atoms with Gasteiger partial charge in [-0.05, 0) is 300 Å². The number of rotatable bonds is 22. The van der Waals surface area contributed by atoms with Crippen LogP contribution in [0.4, 0.5) is 0 Å². The predicted molar refractivity (Wildman–Crippen MR) is 396 cm³/mol. The Morgan fingerprint density at radius 2 is 0.904 bits per heavy atom. The molecule has 1 aliphatic heterocycles. The zero-order valence-electron chi connectivity index (χ0n) is 64.2. The topological polar surface area (TPSA) is 75.6 Å². The normalized spacial score (nSPS) is 39.0. The summed E-state index contributed by atoms with van der Waals surface area (Å²) in [7, 11) is -3.59. The Morgan fingerprint density at radius 3 is 1.32 bits per heavy atom. The molecule has 0 radical (unpaired) electrons. The molecule has 9 fully saturated rings. The van der Waals surface area contributed by atoms with Gasteiger partial charge in [0.1, 0.15) is 0 Å². The summed E-state index contributed by atoms with van der Waals surface area (Å²) in [6, 6.07) is 21.8. The van der Waals surface area contributed by atoms with Crippen LogP contribution in [0.25, 0.3) is 0 Å².